The van der Waals surface area contributed by atoms with Crippen molar-refractivity contribution in [1.82, 2.24) is 9.78 Å². The van der Waals surface area contributed by atoms with Crippen LogP contribution in [0.4, 0.5) is 13.2 Å². The lowest BCUT2D eigenvalue weighted by molar-refractivity contribution is -0.143. The van der Waals surface area contributed by atoms with Gasteiger partial charge in [0, 0.05) is 10.0 Å². The van der Waals surface area contributed by atoms with E-state index in [2.05, 4.69) is 21.0 Å². The van der Waals surface area contributed by atoms with Crippen molar-refractivity contribution in [3.8, 4) is 5.69 Å². The molecule has 2 rings (SSSR count). The van der Waals surface area contributed by atoms with Gasteiger partial charge in [-0.05, 0) is 30.7 Å². The molecule has 0 aliphatic heterocycles. The lowest BCUT2D eigenvalue weighted by atomic mass is 10.2. The Kier molecular flexibility index (Phi) is 3.69. The topological polar surface area (TPSA) is 38.0 Å². The Hall–Kier alpha value is -1.34. The molecule has 1 N–H and O–H groups in total. The van der Waals surface area contributed by atoms with Crippen LogP contribution in [0.5, 0.6) is 0 Å². The fourth-order valence-electron chi connectivity index (χ4n) is 1.84. The fraction of sp³-hybridized carbons (Fsp3) is 0.250. The number of rotatable bonds is 2. The molecule has 0 unspecified atom stereocenters. The van der Waals surface area contributed by atoms with E-state index in [1.54, 1.807) is 25.1 Å². The van der Waals surface area contributed by atoms with Crippen LogP contribution >= 0.6 is 15.9 Å². The van der Waals surface area contributed by atoms with Gasteiger partial charge in [0.05, 0.1) is 18.5 Å². The van der Waals surface area contributed by atoms with E-state index in [0.717, 1.165) is 15.4 Å². The number of aliphatic hydroxyl groups excluding tert-OH is 1. The van der Waals surface area contributed by atoms with Gasteiger partial charge >= 0.3 is 6.18 Å². The number of aromatic nitrogens is 2. The monoisotopic (exact) mass is 334 g/mol. The summed E-state index contributed by atoms with van der Waals surface area (Å²) in [6.07, 6.45) is -3.54. The lowest BCUT2D eigenvalue weighted by Gasteiger charge is -2.14. The second kappa shape index (κ2) is 4.97. The molecule has 2 aromatic rings. The molecule has 0 atom stereocenters. The molecule has 0 fully saturated rings. The summed E-state index contributed by atoms with van der Waals surface area (Å²) in [4.78, 5) is 0. The van der Waals surface area contributed by atoms with Crippen LogP contribution in [-0.2, 0) is 12.8 Å². The summed E-state index contributed by atoms with van der Waals surface area (Å²) >= 11 is 3.25. The maximum Gasteiger partial charge on any atom is 0.433 e. The van der Waals surface area contributed by atoms with Gasteiger partial charge in [-0.25, -0.2) is 4.68 Å². The van der Waals surface area contributed by atoms with Gasteiger partial charge in [-0.1, -0.05) is 15.9 Å². The van der Waals surface area contributed by atoms with Gasteiger partial charge in [-0.2, -0.15) is 18.3 Å². The molecule has 19 heavy (non-hydrogen) atoms. The Morgan fingerprint density at radius 2 is 2.05 bits per heavy atom. The third-order valence-electron chi connectivity index (χ3n) is 2.67. The van der Waals surface area contributed by atoms with Gasteiger partial charge in [0.25, 0.3) is 0 Å². The molecule has 1 aromatic heterocycles. The number of nitrogens with zero attached hydrogens (tertiary/aromatic N) is 2. The van der Waals surface area contributed by atoms with E-state index < -0.39 is 18.5 Å². The molecule has 0 aliphatic rings. The van der Waals surface area contributed by atoms with Crippen molar-refractivity contribution in [3.05, 3.63) is 45.7 Å². The van der Waals surface area contributed by atoms with Crippen LogP contribution in [0, 0.1) is 6.92 Å². The highest BCUT2D eigenvalue weighted by Gasteiger charge is 2.38. The molecule has 1 aromatic carbocycles. The predicted octanol–water partition coefficient (Wildman–Crippen LogP) is 3.45. The largest absolute Gasteiger partial charge is 0.433 e. The Labute approximate surface area is 115 Å². The van der Waals surface area contributed by atoms with Crippen molar-refractivity contribution in [3.63, 3.8) is 0 Å². The average molecular weight is 335 g/mol. The molecule has 1 heterocycles. The Morgan fingerprint density at radius 3 is 2.58 bits per heavy atom. The Morgan fingerprint density at radius 1 is 1.37 bits per heavy atom. The van der Waals surface area contributed by atoms with Crippen molar-refractivity contribution in [2.45, 2.75) is 19.7 Å². The quantitative estimate of drug-likeness (QED) is 0.913. The number of benzene rings is 1. The van der Waals surface area contributed by atoms with E-state index in [1.165, 1.54) is 0 Å². The number of aliphatic hydroxyl groups is 1. The lowest BCUT2D eigenvalue weighted by Crippen LogP contribution is -2.16. The standard InChI is InChI=1S/C12H10BrF3N2O/c1-7-4-9(13)2-3-10(7)18-11(12(14,15)16)8(6-19)5-17-18/h2-5,19H,6H2,1H3. The summed E-state index contributed by atoms with van der Waals surface area (Å²) in [5.41, 5.74) is -0.210. The molecule has 102 valence electrons. The van der Waals surface area contributed by atoms with Gasteiger partial charge in [0.1, 0.15) is 0 Å². The van der Waals surface area contributed by atoms with Crippen LogP contribution < -0.4 is 0 Å². The first-order chi connectivity index (χ1) is 8.84. The summed E-state index contributed by atoms with van der Waals surface area (Å²) in [6.45, 7) is 0.991. The van der Waals surface area contributed by atoms with E-state index in [1.807, 2.05) is 0 Å². The Bertz CT molecular complexity index is 608. The molecule has 0 amide bonds. The van der Waals surface area contributed by atoms with Crippen molar-refractivity contribution >= 4 is 15.9 Å². The number of hydrogen-bond donors (Lipinski definition) is 1. The highest BCUT2D eigenvalue weighted by atomic mass is 79.9. The summed E-state index contributed by atoms with van der Waals surface area (Å²) in [5, 5.41) is 12.7. The van der Waals surface area contributed by atoms with Crippen LogP contribution in [0.3, 0.4) is 0 Å². The highest BCUT2D eigenvalue weighted by Crippen LogP contribution is 2.34. The zero-order valence-electron chi connectivity index (χ0n) is 9.87. The molecular formula is C12H10BrF3N2O. The summed E-state index contributed by atoms with van der Waals surface area (Å²) < 4.78 is 40.7. The highest BCUT2D eigenvalue weighted by molar-refractivity contribution is 9.10. The minimum atomic E-state index is -4.58. The normalized spacial score (nSPS) is 11.9. The number of halogens is 4. The third-order valence-corrected chi connectivity index (χ3v) is 3.16. The van der Waals surface area contributed by atoms with Crippen molar-refractivity contribution < 1.29 is 18.3 Å². The molecule has 7 heteroatoms. The van der Waals surface area contributed by atoms with Crippen molar-refractivity contribution in [2.24, 2.45) is 0 Å². The smallest absolute Gasteiger partial charge is 0.392 e. The van der Waals surface area contributed by atoms with Crippen LogP contribution in [-0.4, -0.2) is 14.9 Å². The number of alkyl halides is 3. The van der Waals surface area contributed by atoms with E-state index in [4.69, 9.17) is 5.11 Å². The van der Waals surface area contributed by atoms with E-state index >= 15 is 0 Å². The first-order valence-electron chi connectivity index (χ1n) is 5.36. The zero-order chi connectivity index (χ0) is 14.2. The Balaban J connectivity index is 2.66. The van der Waals surface area contributed by atoms with Crippen LogP contribution in [0.25, 0.3) is 5.69 Å². The number of hydrogen-bond acceptors (Lipinski definition) is 2. The first kappa shape index (κ1) is 14.1. The van der Waals surface area contributed by atoms with Gasteiger partial charge in [-0.15, -0.1) is 0 Å². The molecule has 3 nitrogen and oxygen atoms in total. The zero-order valence-corrected chi connectivity index (χ0v) is 11.5. The molecule has 0 spiro atoms. The van der Waals surface area contributed by atoms with Crippen LogP contribution in [0.15, 0.2) is 28.9 Å². The van der Waals surface area contributed by atoms with E-state index in [0.29, 0.717) is 11.3 Å². The maximum absolute atomic E-state index is 13.0. The summed E-state index contributed by atoms with van der Waals surface area (Å²) in [7, 11) is 0. The third kappa shape index (κ3) is 2.66. The maximum atomic E-state index is 13.0. The van der Waals surface area contributed by atoms with Crippen LogP contribution in [0.1, 0.15) is 16.8 Å². The predicted molar refractivity (Wildman–Crippen MR) is 66.9 cm³/mol. The van der Waals surface area contributed by atoms with Gasteiger partial charge in [0.15, 0.2) is 5.69 Å². The molecule has 0 bridgehead atoms. The van der Waals surface area contributed by atoms with Gasteiger partial charge in [-0.3, -0.25) is 0 Å². The fourth-order valence-corrected chi connectivity index (χ4v) is 2.31. The van der Waals surface area contributed by atoms with E-state index in [9.17, 15) is 13.2 Å². The first-order valence-corrected chi connectivity index (χ1v) is 6.15. The van der Waals surface area contributed by atoms with Crippen molar-refractivity contribution in [2.75, 3.05) is 0 Å². The summed E-state index contributed by atoms with van der Waals surface area (Å²) in [5.74, 6) is 0. The second-order valence-corrected chi connectivity index (χ2v) is 4.93. The molecular weight excluding hydrogens is 325 g/mol. The minimum absolute atomic E-state index is 0.241. The molecule has 0 saturated heterocycles. The van der Waals surface area contributed by atoms with E-state index in [-0.39, 0.29) is 5.56 Å². The average Bonchev–Trinajstić information content (AvgIpc) is 2.72. The minimum Gasteiger partial charge on any atom is -0.392 e. The molecule has 0 saturated carbocycles. The van der Waals surface area contributed by atoms with Gasteiger partial charge in [0.2, 0.25) is 0 Å². The summed E-state index contributed by atoms with van der Waals surface area (Å²) in [6, 6.07) is 4.89. The van der Waals surface area contributed by atoms with Crippen LogP contribution in [0.2, 0.25) is 0 Å². The second-order valence-electron chi connectivity index (χ2n) is 4.02. The molecule has 0 aliphatic carbocycles. The van der Waals surface area contributed by atoms with Crippen molar-refractivity contribution in [1.29, 1.82) is 0 Å². The van der Waals surface area contributed by atoms with Gasteiger partial charge < -0.3 is 5.11 Å². The number of aryl methyl sites for hydroxylation is 1. The SMILES string of the molecule is Cc1cc(Br)ccc1-n1ncc(CO)c1C(F)(F)F. The molecule has 0 radical (unpaired) electrons.